The Kier molecular flexibility index (Phi) is 3.99. The highest BCUT2D eigenvalue weighted by Gasteiger charge is 2.10. The molecule has 1 heterocycles. The van der Waals surface area contributed by atoms with Crippen molar-refractivity contribution in [2.24, 2.45) is 0 Å². The maximum absolute atomic E-state index is 12.6. The Morgan fingerprint density at radius 3 is 2.84 bits per heavy atom. The fourth-order valence-electron chi connectivity index (χ4n) is 1.73. The first-order valence-corrected chi connectivity index (χ1v) is 5.89. The summed E-state index contributed by atoms with van der Waals surface area (Å²) >= 11 is 0. The maximum atomic E-state index is 12.6. The van der Waals surface area contributed by atoms with E-state index in [2.05, 4.69) is 10.3 Å². The summed E-state index contributed by atoms with van der Waals surface area (Å²) in [6, 6.07) is 7.74. The number of benzene rings is 1. The number of hydrogen-bond donors (Lipinski definition) is 1. The highest BCUT2D eigenvalue weighted by molar-refractivity contribution is 5.57. The number of hydrogen-bond acceptors (Lipinski definition) is 3. The van der Waals surface area contributed by atoms with Gasteiger partial charge in [-0.05, 0) is 18.2 Å². The normalized spacial score (nSPS) is 10.8. The Hall–Kier alpha value is -2.11. The molecule has 0 aliphatic heterocycles. The van der Waals surface area contributed by atoms with Crippen LogP contribution in [0.25, 0.3) is 0 Å². The molecule has 1 aromatic carbocycles. The number of imidazole rings is 1. The Bertz CT molecular complexity index is 537. The van der Waals surface area contributed by atoms with Crippen molar-refractivity contribution in [1.29, 1.82) is 0 Å². The van der Waals surface area contributed by atoms with Gasteiger partial charge in [-0.15, -0.1) is 0 Å². The zero-order valence-electron chi connectivity index (χ0n) is 10.8. The second kappa shape index (κ2) is 5.69. The topological polar surface area (TPSA) is 33.1 Å². The third-order valence-electron chi connectivity index (χ3n) is 2.77. The smallest absolute Gasteiger partial charge is 0.319 e. The van der Waals surface area contributed by atoms with E-state index in [1.807, 2.05) is 43.3 Å². The third-order valence-corrected chi connectivity index (χ3v) is 2.77. The average Bonchev–Trinajstić information content (AvgIpc) is 2.85. The zero-order valence-corrected chi connectivity index (χ0v) is 10.8. The van der Waals surface area contributed by atoms with E-state index in [1.54, 1.807) is 0 Å². The second-order valence-corrected chi connectivity index (χ2v) is 4.33. The fourth-order valence-corrected chi connectivity index (χ4v) is 1.73. The number of rotatable bonds is 5. The van der Waals surface area contributed by atoms with Crippen LogP contribution in [0.1, 0.15) is 12.4 Å². The van der Waals surface area contributed by atoms with E-state index in [1.165, 1.54) is 12.4 Å². The SMILES string of the molecule is CN(C)c1cccc(NCc2nccn2C(F)F)c1. The molecule has 0 fully saturated rings. The van der Waals surface area contributed by atoms with Crippen LogP contribution >= 0.6 is 0 Å². The predicted molar refractivity (Wildman–Crippen MR) is 71.6 cm³/mol. The molecule has 0 saturated carbocycles. The van der Waals surface area contributed by atoms with E-state index < -0.39 is 6.55 Å². The van der Waals surface area contributed by atoms with E-state index in [-0.39, 0.29) is 6.54 Å². The monoisotopic (exact) mass is 266 g/mol. The summed E-state index contributed by atoms with van der Waals surface area (Å²) in [4.78, 5) is 5.90. The molecule has 6 heteroatoms. The molecule has 19 heavy (non-hydrogen) atoms. The maximum Gasteiger partial charge on any atom is 0.319 e. The number of nitrogens with zero attached hydrogens (tertiary/aromatic N) is 3. The van der Waals surface area contributed by atoms with Gasteiger partial charge in [0.2, 0.25) is 0 Å². The summed E-state index contributed by atoms with van der Waals surface area (Å²) in [6.07, 6.45) is 2.65. The van der Waals surface area contributed by atoms with Crippen LogP contribution in [0.4, 0.5) is 20.2 Å². The minimum absolute atomic E-state index is 0.258. The van der Waals surface area contributed by atoms with E-state index in [0.717, 1.165) is 15.9 Å². The third kappa shape index (κ3) is 3.21. The number of aromatic nitrogens is 2. The lowest BCUT2D eigenvalue weighted by atomic mass is 10.2. The van der Waals surface area contributed by atoms with Gasteiger partial charge in [-0.1, -0.05) is 6.07 Å². The van der Waals surface area contributed by atoms with Gasteiger partial charge >= 0.3 is 6.55 Å². The average molecular weight is 266 g/mol. The van der Waals surface area contributed by atoms with Gasteiger partial charge in [0.1, 0.15) is 5.82 Å². The Balaban J connectivity index is 2.06. The molecule has 1 N–H and O–H groups in total. The molecule has 2 rings (SSSR count). The van der Waals surface area contributed by atoms with Crippen LogP contribution in [0, 0.1) is 0 Å². The van der Waals surface area contributed by atoms with Crippen molar-refractivity contribution in [3.63, 3.8) is 0 Å². The number of alkyl halides is 2. The number of halogens is 2. The van der Waals surface area contributed by atoms with Crippen molar-refractivity contribution in [3.8, 4) is 0 Å². The molecule has 0 radical (unpaired) electrons. The van der Waals surface area contributed by atoms with Gasteiger partial charge in [-0.3, -0.25) is 4.57 Å². The Morgan fingerprint density at radius 1 is 1.37 bits per heavy atom. The van der Waals surface area contributed by atoms with Crippen molar-refractivity contribution in [3.05, 3.63) is 42.5 Å². The predicted octanol–water partition coefficient (Wildman–Crippen LogP) is 2.96. The Morgan fingerprint density at radius 2 is 2.16 bits per heavy atom. The van der Waals surface area contributed by atoms with E-state index in [4.69, 9.17) is 0 Å². The standard InChI is InChI=1S/C13H16F2N4/c1-18(2)11-5-3-4-10(8-11)17-9-12-16-6-7-19(12)13(14)15/h3-8,13,17H,9H2,1-2H3. The molecule has 1 aromatic heterocycles. The first kappa shape index (κ1) is 13.3. The quantitative estimate of drug-likeness (QED) is 0.903. The van der Waals surface area contributed by atoms with Gasteiger partial charge in [-0.2, -0.15) is 8.78 Å². The van der Waals surface area contributed by atoms with Gasteiger partial charge in [0, 0.05) is 37.9 Å². The van der Waals surface area contributed by atoms with Crippen LogP contribution in [0.2, 0.25) is 0 Å². The Labute approximate surface area is 110 Å². The molecule has 4 nitrogen and oxygen atoms in total. The van der Waals surface area contributed by atoms with Crippen LogP contribution in [0.15, 0.2) is 36.7 Å². The molecule has 0 unspecified atom stereocenters. The minimum Gasteiger partial charge on any atom is -0.378 e. The molecule has 0 aliphatic rings. The van der Waals surface area contributed by atoms with Crippen LogP contribution in [0.5, 0.6) is 0 Å². The molecule has 0 aliphatic carbocycles. The summed E-state index contributed by atoms with van der Waals surface area (Å²) in [6.45, 7) is -2.30. The summed E-state index contributed by atoms with van der Waals surface area (Å²) in [5, 5.41) is 3.09. The fraction of sp³-hybridized carbons (Fsp3) is 0.308. The van der Waals surface area contributed by atoms with Gasteiger partial charge in [-0.25, -0.2) is 4.98 Å². The lowest BCUT2D eigenvalue weighted by molar-refractivity contribution is 0.0673. The molecule has 0 atom stereocenters. The first-order valence-electron chi connectivity index (χ1n) is 5.89. The highest BCUT2D eigenvalue weighted by atomic mass is 19.3. The van der Waals surface area contributed by atoms with Gasteiger partial charge < -0.3 is 10.2 Å². The van der Waals surface area contributed by atoms with Crippen molar-refractivity contribution < 1.29 is 8.78 Å². The molecule has 0 saturated heterocycles. The van der Waals surface area contributed by atoms with E-state index in [0.29, 0.717) is 5.82 Å². The minimum atomic E-state index is -2.56. The highest BCUT2D eigenvalue weighted by Crippen LogP contribution is 2.18. The molecule has 0 amide bonds. The molecule has 0 bridgehead atoms. The van der Waals surface area contributed by atoms with E-state index in [9.17, 15) is 8.78 Å². The lowest BCUT2D eigenvalue weighted by Crippen LogP contribution is -2.11. The number of nitrogens with one attached hydrogen (secondary N) is 1. The number of anilines is 2. The summed E-state index contributed by atoms with van der Waals surface area (Å²) < 4.78 is 26.1. The van der Waals surface area contributed by atoms with Crippen LogP contribution in [-0.4, -0.2) is 23.6 Å². The second-order valence-electron chi connectivity index (χ2n) is 4.33. The van der Waals surface area contributed by atoms with Crippen molar-refractivity contribution >= 4 is 11.4 Å². The van der Waals surface area contributed by atoms with Crippen LogP contribution < -0.4 is 10.2 Å². The molecular formula is C13H16F2N4. The summed E-state index contributed by atoms with van der Waals surface area (Å²) in [5.74, 6) is 0.310. The molecule has 0 spiro atoms. The van der Waals surface area contributed by atoms with E-state index >= 15 is 0 Å². The largest absolute Gasteiger partial charge is 0.378 e. The lowest BCUT2D eigenvalue weighted by Gasteiger charge is -2.14. The molecule has 102 valence electrons. The zero-order chi connectivity index (χ0) is 13.8. The van der Waals surface area contributed by atoms with Crippen molar-refractivity contribution in [1.82, 2.24) is 9.55 Å². The molecular weight excluding hydrogens is 250 g/mol. The van der Waals surface area contributed by atoms with Gasteiger partial charge in [0.05, 0.1) is 6.54 Å². The van der Waals surface area contributed by atoms with Crippen molar-refractivity contribution in [2.75, 3.05) is 24.3 Å². The van der Waals surface area contributed by atoms with Crippen molar-refractivity contribution in [2.45, 2.75) is 13.1 Å². The first-order chi connectivity index (χ1) is 9.08. The van der Waals surface area contributed by atoms with Crippen LogP contribution in [-0.2, 0) is 6.54 Å². The van der Waals surface area contributed by atoms with Gasteiger partial charge in [0.15, 0.2) is 0 Å². The van der Waals surface area contributed by atoms with Gasteiger partial charge in [0.25, 0.3) is 0 Å². The summed E-state index contributed by atoms with van der Waals surface area (Å²) in [5.41, 5.74) is 1.91. The van der Waals surface area contributed by atoms with Crippen LogP contribution in [0.3, 0.4) is 0 Å². The summed E-state index contributed by atoms with van der Waals surface area (Å²) in [7, 11) is 3.89. The molecule has 2 aromatic rings.